The molecule has 1 rings (SSSR count). The Kier molecular flexibility index (Phi) is 0.884. The van der Waals surface area contributed by atoms with E-state index in [2.05, 4.69) is 15.0 Å². The molecule has 58 valence electrons. The molecule has 3 heteroatoms. The lowest BCUT2D eigenvalue weighted by Crippen LogP contribution is -1.97. The number of hydrogen-bond acceptors (Lipinski definition) is 3. The quantitative estimate of drug-likeness (QED) is 0.617. The number of hydrogen-bond donors (Lipinski definition) is 0. The molecule has 0 unspecified atom stereocenters. The smallest absolute Gasteiger partial charge is 0.155 e. The van der Waals surface area contributed by atoms with Gasteiger partial charge in [0.1, 0.15) is 11.6 Å². The van der Waals surface area contributed by atoms with Crippen molar-refractivity contribution in [2.24, 2.45) is 0 Å². The van der Waals surface area contributed by atoms with Crippen LogP contribution in [0.25, 0.3) is 6.08 Å². The average Bonchev–Trinajstić information content (AvgIpc) is 2.15. The van der Waals surface area contributed by atoms with Crippen LogP contribution in [0.2, 0.25) is 0 Å². The summed E-state index contributed by atoms with van der Waals surface area (Å²) in [5.74, 6) is -0.988. The van der Waals surface area contributed by atoms with Crippen molar-refractivity contribution in [3.8, 4) is 0 Å². The predicted octanol–water partition coefficient (Wildman–Crippen LogP) is 1.52. The first-order chi connectivity index (χ1) is 7.64. The average molecular weight is 155 g/mol. The van der Waals surface area contributed by atoms with E-state index < -0.39 is 25.4 Å². The van der Waals surface area contributed by atoms with E-state index in [0.29, 0.717) is 0 Å². The maximum atomic E-state index is 7.18. The van der Waals surface area contributed by atoms with Crippen molar-refractivity contribution < 1.29 is 8.22 Å². The molecule has 0 saturated carbocycles. The zero-order chi connectivity index (χ0) is 13.3. The summed E-state index contributed by atoms with van der Waals surface area (Å²) in [6.45, 7) is -3.42. The molecule has 0 aliphatic rings. The number of rotatable bonds is 1. The Labute approximate surface area is 74.7 Å². The van der Waals surface area contributed by atoms with Crippen molar-refractivity contribution in [1.29, 1.82) is 0 Å². The minimum Gasteiger partial charge on any atom is -0.219 e. The molecule has 0 radical (unpaired) electrons. The lowest BCUT2D eigenvalue weighted by atomic mass is 10.5. The van der Waals surface area contributed by atoms with E-state index in [4.69, 9.17) is 8.22 Å². The lowest BCUT2D eigenvalue weighted by Gasteiger charge is -1.95. The fraction of sp³-hybridized carbons (Fsp3) is 0.375. The first-order valence-corrected chi connectivity index (χ1v) is 3.04. The molecule has 1 heterocycles. The van der Waals surface area contributed by atoms with Gasteiger partial charge in [-0.25, -0.2) is 15.0 Å². The van der Waals surface area contributed by atoms with Gasteiger partial charge in [0.25, 0.3) is 0 Å². The van der Waals surface area contributed by atoms with E-state index in [9.17, 15) is 0 Å². The first kappa shape index (κ1) is 3.01. The summed E-state index contributed by atoms with van der Waals surface area (Å²) in [7, 11) is 0. The van der Waals surface area contributed by atoms with Crippen LogP contribution in [0.4, 0.5) is 0 Å². The van der Waals surface area contributed by atoms with Crippen LogP contribution < -0.4 is 0 Å². The highest BCUT2D eigenvalue weighted by Gasteiger charge is 1.94. The largest absolute Gasteiger partial charge is 0.219 e. The van der Waals surface area contributed by atoms with Gasteiger partial charge in [0.05, 0.1) is 0 Å². The highest BCUT2D eigenvalue weighted by molar-refractivity contribution is 5.38. The van der Waals surface area contributed by atoms with Crippen molar-refractivity contribution in [2.75, 3.05) is 0 Å². The van der Waals surface area contributed by atoms with Crippen molar-refractivity contribution in [2.45, 2.75) is 20.6 Å². The van der Waals surface area contributed by atoms with Gasteiger partial charge in [0, 0.05) is 8.22 Å². The summed E-state index contributed by atoms with van der Waals surface area (Å²) < 4.78 is 43.1. The number of nitrogens with zero attached hydrogens (tertiary/aromatic N) is 3. The van der Waals surface area contributed by atoms with Crippen molar-refractivity contribution in [1.82, 2.24) is 15.0 Å². The van der Waals surface area contributed by atoms with Gasteiger partial charge in [-0.05, 0) is 26.7 Å². The van der Waals surface area contributed by atoms with Crippen LogP contribution in [-0.4, -0.2) is 15.0 Å². The first-order valence-electron chi connectivity index (χ1n) is 6.04. The normalized spacial score (nSPS) is 21.2. The molecule has 0 bridgehead atoms. The minimum absolute atomic E-state index is 0.0275. The standard InChI is InChI=1S/C8H11N3/c1-4-5-8-10-6(2)9-7(3)11-8/h4-5H,1-3H3/b5-4+/i2D3,3D3. The molecule has 0 aromatic carbocycles. The van der Waals surface area contributed by atoms with E-state index >= 15 is 0 Å². The summed E-state index contributed by atoms with van der Waals surface area (Å²) in [6, 6.07) is 0. The predicted molar refractivity (Wildman–Crippen MR) is 44.0 cm³/mol. The molecule has 1 aromatic heterocycles. The van der Waals surface area contributed by atoms with Gasteiger partial charge in [-0.15, -0.1) is 0 Å². The van der Waals surface area contributed by atoms with Crippen molar-refractivity contribution in [3.63, 3.8) is 0 Å². The molecule has 0 aliphatic carbocycles. The van der Waals surface area contributed by atoms with Crippen molar-refractivity contribution in [3.05, 3.63) is 23.5 Å². The second-order valence-electron chi connectivity index (χ2n) is 1.84. The summed E-state index contributed by atoms with van der Waals surface area (Å²) in [5, 5.41) is 0. The molecule has 3 nitrogen and oxygen atoms in total. The third kappa shape index (κ3) is 2.11. The van der Waals surface area contributed by atoms with E-state index in [1.165, 1.54) is 6.08 Å². The summed E-state index contributed by atoms with van der Waals surface area (Å²) in [6.07, 6.45) is 3.01. The van der Waals surface area contributed by atoms with Crippen LogP contribution >= 0.6 is 0 Å². The summed E-state index contributed by atoms with van der Waals surface area (Å²) >= 11 is 0. The van der Waals surface area contributed by atoms with Crippen LogP contribution in [0.15, 0.2) is 6.08 Å². The molecule has 0 saturated heterocycles. The van der Waals surface area contributed by atoms with E-state index in [1.807, 2.05) is 0 Å². The molecule has 11 heavy (non-hydrogen) atoms. The van der Waals surface area contributed by atoms with Gasteiger partial charge in [0.15, 0.2) is 5.82 Å². The fourth-order valence-electron chi connectivity index (χ4n) is 0.616. The molecular weight excluding hydrogens is 138 g/mol. The number of allylic oxidation sites excluding steroid dienone is 1. The number of aryl methyl sites for hydroxylation is 2. The van der Waals surface area contributed by atoms with Crippen LogP contribution in [-0.2, 0) is 0 Å². The molecule has 0 amide bonds. The molecular formula is C8H11N3. The zero-order valence-corrected chi connectivity index (χ0v) is 6.00. The van der Waals surface area contributed by atoms with Gasteiger partial charge in [0.2, 0.25) is 0 Å². The summed E-state index contributed by atoms with van der Waals surface area (Å²) in [5.41, 5.74) is 0. The maximum Gasteiger partial charge on any atom is 0.155 e. The molecule has 0 aliphatic heterocycles. The van der Waals surface area contributed by atoms with E-state index in [1.54, 1.807) is 13.0 Å². The Bertz CT molecular complexity index is 402. The van der Waals surface area contributed by atoms with Gasteiger partial charge in [-0.2, -0.15) is 0 Å². The fourth-order valence-corrected chi connectivity index (χ4v) is 0.616. The Hall–Kier alpha value is -1.25. The lowest BCUT2D eigenvalue weighted by molar-refractivity contribution is 0.907. The minimum atomic E-state index is -2.56. The number of aromatic nitrogens is 3. The zero-order valence-electron chi connectivity index (χ0n) is 12.0. The molecule has 0 atom stereocenters. The van der Waals surface area contributed by atoms with E-state index in [-0.39, 0.29) is 5.82 Å². The molecule has 0 N–H and O–H groups in total. The van der Waals surface area contributed by atoms with Crippen LogP contribution in [0, 0.1) is 13.7 Å². The van der Waals surface area contributed by atoms with Gasteiger partial charge >= 0.3 is 0 Å². The monoisotopic (exact) mass is 155 g/mol. The van der Waals surface area contributed by atoms with Gasteiger partial charge in [-0.1, -0.05) is 6.08 Å². The SMILES string of the molecule is [2H]C([2H])([2H])c1nc(/C=C/C)nc(C([2H])([2H])[2H])n1. The molecule has 0 spiro atoms. The van der Waals surface area contributed by atoms with Crippen LogP contribution in [0.1, 0.15) is 32.6 Å². The Morgan fingerprint density at radius 3 is 2.27 bits per heavy atom. The van der Waals surface area contributed by atoms with E-state index in [0.717, 1.165) is 0 Å². The Morgan fingerprint density at radius 2 is 1.82 bits per heavy atom. The maximum absolute atomic E-state index is 7.18. The highest BCUT2D eigenvalue weighted by Crippen LogP contribution is 1.95. The molecule has 0 fully saturated rings. The topological polar surface area (TPSA) is 38.7 Å². The Morgan fingerprint density at radius 1 is 1.18 bits per heavy atom. The Balaban J connectivity index is 3.39. The third-order valence-electron chi connectivity index (χ3n) is 0.968. The highest BCUT2D eigenvalue weighted by atomic mass is 15.0. The second-order valence-corrected chi connectivity index (χ2v) is 1.84. The van der Waals surface area contributed by atoms with Crippen LogP contribution in [0.3, 0.4) is 0 Å². The summed E-state index contributed by atoms with van der Waals surface area (Å²) in [4.78, 5) is 10.8. The molecule has 1 aromatic rings. The third-order valence-corrected chi connectivity index (χ3v) is 0.968. The van der Waals surface area contributed by atoms with Crippen LogP contribution in [0.5, 0.6) is 0 Å². The van der Waals surface area contributed by atoms with Crippen molar-refractivity contribution >= 4 is 6.08 Å². The van der Waals surface area contributed by atoms with Gasteiger partial charge < -0.3 is 0 Å². The second kappa shape index (κ2) is 3.23. The van der Waals surface area contributed by atoms with Gasteiger partial charge in [-0.3, -0.25) is 0 Å².